The predicted octanol–water partition coefficient (Wildman–Crippen LogP) is 1.88. The lowest BCUT2D eigenvalue weighted by molar-refractivity contribution is 0.186. The van der Waals surface area contributed by atoms with Gasteiger partial charge in [-0.3, -0.25) is 0 Å². The van der Waals surface area contributed by atoms with E-state index >= 15 is 0 Å². The zero-order valence-corrected chi connectivity index (χ0v) is 12.7. The van der Waals surface area contributed by atoms with Gasteiger partial charge in [-0.05, 0) is 32.6 Å². The summed E-state index contributed by atoms with van der Waals surface area (Å²) in [5, 5.41) is 8.99. The molecule has 110 valence electrons. The number of nitrogens with zero attached hydrogens (tertiary/aromatic N) is 2. The van der Waals surface area contributed by atoms with Crippen LogP contribution in [0, 0.1) is 6.92 Å². The van der Waals surface area contributed by atoms with Crippen LogP contribution in [-0.2, 0) is 6.54 Å². The molecule has 1 saturated heterocycles. The SMILES string of the molecule is Cc1nc(CNC(=O)NC2CCN(C3CC3)CC2)cs1. The van der Waals surface area contributed by atoms with E-state index in [1.807, 2.05) is 12.3 Å². The number of amides is 2. The molecule has 0 spiro atoms. The fourth-order valence-corrected chi connectivity index (χ4v) is 3.36. The zero-order valence-electron chi connectivity index (χ0n) is 11.9. The molecule has 1 aromatic heterocycles. The minimum absolute atomic E-state index is 0.0690. The summed E-state index contributed by atoms with van der Waals surface area (Å²) in [6, 6.07) is 1.10. The Morgan fingerprint density at radius 2 is 2.15 bits per heavy atom. The molecule has 1 aromatic rings. The number of carbonyl (C=O) groups excluding carboxylic acids is 1. The standard InChI is InChI=1S/C14H22N4OS/c1-10-16-12(9-20-10)8-15-14(19)17-11-4-6-18(7-5-11)13-2-3-13/h9,11,13H,2-8H2,1H3,(H2,15,17,19). The summed E-state index contributed by atoms with van der Waals surface area (Å²) < 4.78 is 0. The van der Waals surface area contributed by atoms with Crippen molar-refractivity contribution >= 4 is 17.4 Å². The van der Waals surface area contributed by atoms with Crippen LogP contribution in [0.2, 0.25) is 0 Å². The molecule has 0 radical (unpaired) electrons. The van der Waals surface area contributed by atoms with E-state index in [1.54, 1.807) is 11.3 Å². The van der Waals surface area contributed by atoms with Crippen molar-refractivity contribution < 1.29 is 4.79 Å². The number of hydrogen-bond acceptors (Lipinski definition) is 4. The number of thiazole rings is 1. The molecule has 2 heterocycles. The minimum Gasteiger partial charge on any atom is -0.335 e. The topological polar surface area (TPSA) is 57.3 Å². The first-order chi connectivity index (χ1) is 9.70. The molecule has 3 rings (SSSR count). The Kier molecular flexibility index (Phi) is 4.21. The van der Waals surface area contributed by atoms with Crippen LogP contribution in [0.25, 0.3) is 0 Å². The molecule has 0 atom stereocenters. The zero-order chi connectivity index (χ0) is 13.9. The van der Waals surface area contributed by atoms with Gasteiger partial charge in [0.15, 0.2) is 0 Å². The van der Waals surface area contributed by atoms with Crippen LogP contribution in [0.5, 0.6) is 0 Å². The number of aryl methyl sites for hydroxylation is 1. The number of aromatic nitrogens is 1. The second-order valence-corrected chi connectivity index (χ2v) is 6.79. The Balaban J connectivity index is 1.36. The number of hydrogen-bond donors (Lipinski definition) is 2. The van der Waals surface area contributed by atoms with Crippen molar-refractivity contribution in [3.8, 4) is 0 Å². The number of rotatable bonds is 4. The normalized spacial score (nSPS) is 20.9. The van der Waals surface area contributed by atoms with Crippen LogP contribution in [0.3, 0.4) is 0 Å². The van der Waals surface area contributed by atoms with Gasteiger partial charge in [-0.2, -0.15) is 0 Å². The van der Waals surface area contributed by atoms with Crippen LogP contribution < -0.4 is 10.6 Å². The van der Waals surface area contributed by atoms with Crippen molar-refractivity contribution in [2.24, 2.45) is 0 Å². The number of nitrogens with one attached hydrogen (secondary N) is 2. The maximum absolute atomic E-state index is 11.9. The number of likely N-dealkylation sites (tertiary alicyclic amines) is 1. The van der Waals surface area contributed by atoms with E-state index in [2.05, 4.69) is 20.5 Å². The highest BCUT2D eigenvalue weighted by molar-refractivity contribution is 7.09. The number of piperidine rings is 1. The van der Waals surface area contributed by atoms with Crippen molar-refractivity contribution in [2.75, 3.05) is 13.1 Å². The summed E-state index contributed by atoms with van der Waals surface area (Å²) in [6.45, 7) is 4.74. The fourth-order valence-electron chi connectivity index (χ4n) is 2.75. The molecule has 1 aliphatic carbocycles. The van der Waals surface area contributed by atoms with Crippen LogP contribution in [0.1, 0.15) is 36.4 Å². The van der Waals surface area contributed by atoms with Crippen LogP contribution >= 0.6 is 11.3 Å². The van der Waals surface area contributed by atoms with Gasteiger partial charge in [-0.25, -0.2) is 9.78 Å². The summed E-state index contributed by atoms with van der Waals surface area (Å²) in [4.78, 5) is 18.8. The summed E-state index contributed by atoms with van der Waals surface area (Å²) in [5.74, 6) is 0. The van der Waals surface area contributed by atoms with Gasteiger partial charge in [0.2, 0.25) is 0 Å². The Hall–Kier alpha value is -1.14. The largest absolute Gasteiger partial charge is 0.335 e. The molecule has 6 heteroatoms. The molecule has 0 aromatic carbocycles. The molecule has 20 heavy (non-hydrogen) atoms. The number of urea groups is 1. The average Bonchev–Trinajstić information content (AvgIpc) is 3.20. The lowest BCUT2D eigenvalue weighted by atomic mass is 10.1. The van der Waals surface area contributed by atoms with Gasteiger partial charge < -0.3 is 15.5 Å². The van der Waals surface area contributed by atoms with Gasteiger partial charge in [-0.15, -0.1) is 11.3 Å². The van der Waals surface area contributed by atoms with E-state index in [0.29, 0.717) is 12.6 Å². The Morgan fingerprint density at radius 1 is 1.40 bits per heavy atom. The van der Waals surface area contributed by atoms with E-state index in [4.69, 9.17) is 0 Å². The van der Waals surface area contributed by atoms with Gasteiger partial charge in [-0.1, -0.05) is 0 Å². The molecule has 1 saturated carbocycles. The van der Waals surface area contributed by atoms with E-state index < -0.39 is 0 Å². The number of carbonyl (C=O) groups is 1. The molecular formula is C14H22N4OS. The highest BCUT2D eigenvalue weighted by atomic mass is 32.1. The lowest BCUT2D eigenvalue weighted by Crippen LogP contribution is -2.48. The predicted molar refractivity (Wildman–Crippen MR) is 79.8 cm³/mol. The summed E-state index contributed by atoms with van der Waals surface area (Å²) in [7, 11) is 0. The first kappa shape index (κ1) is 13.8. The Morgan fingerprint density at radius 3 is 2.75 bits per heavy atom. The molecule has 2 fully saturated rings. The highest BCUT2D eigenvalue weighted by Crippen LogP contribution is 2.29. The lowest BCUT2D eigenvalue weighted by Gasteiger charge is -2.32. The Bertz CT molecular complexity index is 463. The Labute approximate surface area is 123 Å². The van der Waals surface area contributed by atoms with Gasteiger partial charge in [0.25, 0.3) is 0 Å². The van der Waals surface area contributed by atoms with E-state index in [9.17, 15) is 4.79 Å². The first-order valence-corrected chi connectivity index (χ1v) is 8.28. The quantitative estimate of drug-likeness (QED) is 0.891. The highest BCUT2D eigenvalue weighted by Gasteiger charge is 2.31. The van der Waals surface area contributed by atoms with Crippen molar-refractivity contribution in [2.45, 2.75) is 51.2 Å². The van der Waals surface area contributed by atoms with Gasteiger partial charge in [0.05, 0.1) is 17.2 Å². The average molecular weight is 294 g/mol. The van der Waals surface area contributed by atoms with Crippen LogP contribution in [0.4, 0.5) is 4.79 Å². The van der Waals surface area contributed by atoms with E-state index in [0.717, 1.165) is 42.7 Å². The monoisotopic (exact) mass is 294 g/mol. The van der Waals surface area contributed by atoms with Gasteiger partial charge in [0.1, 0.15) is 0 Å². The van der Waals surface area contributed by atoms with Gasteiger partial charge in [0, 0.05) is 30.6 Å². The van der Waals surface area contributed by atoms with Crippen molar-refractivity contribution in [3.05, 3.63) is 16.1 Å². The van der Waals surface area contributed by atoms with Crippen molar-refractivity contribution in [1.82, 2.24) is 20.5 Å². The summed E-state index contributed by atoms with van der Waals surface area (Å²) in [5.41, 5.74) is 0.936. The molecule has 0 unspecified atom stereocenters. The summed E-state index contributed by atoms with van der Waals surface area (Å²) >= 11 is 1.61. The summed E-state index contributed by atoms with van der Waals surface area (Å²) in [6.07, 6.45) is 4.87. The van der Waals surface area contributed by atoms with Crippen LogP contribution in [-0.4, -0.2) is 41.1 Å². The maximum Gasteiger partial charge on any atom is 0.315 e. The smallest absolute Gasteiger partial charge is 0.315 e. The third kappa shape index (κ3) is 3.70. The molecule has 5 nitrogen and oxygen atoms in total. The first-order valence-electron chi connectivity index (χ1n) is 7.40. The fraction of sp³-hybridized carbons (Fsp3) is 0.714. The van der Waals surface area contributed by atoms with Crippen molar-refractivity contribution in [3.63, 3.8) is 0 Å². The van der Waals surface area contributed by atoms with E-state index in [1.165, 1.54) is 12.8 Å². The van der Waals surface area contributed by atoms with E-state index in [-0.39, 0.29) is 6.03 Å². The maximum atomic E-state index is 11.9. The molecule has 0 bridgehead atoms. The molecular weight excluding hydrogens is 272 g/mol. The molecule has 2 amide bonds. The third-order valence-corrected chi connectivity index (χ3v) is 4.85. The second kappa shape index (κ2) is 6.10. The molecule has 2 N–H and O–H groups in total. The van der Waals surface area contributed by atoms with Gasteiger partial charge >= 0.3 is 6.03 Å². The minimum atomic E-state index is -0.0690. The van der Waals surface area contributed by atoms with Crippen LogP contribution in [0.15, 0.2) is 5.38 Å². The molecule has 1 aliphatic heterocycles. The van der Waals surface area contributed by atoms with Crippen molar-refractivity contribution in [1.29, 1.82) is 0 Å². The second-order valence-electron chi connectivity index (χ2n) is 5.73. The third-order valence-electron chi connectivity index (χ3n) is 4.02. The molecule has 2 aliphatic rings.